The van der Waals surface area contributed by atoms with Crippen LogP contribution >= 0.6 is 15.9 Å². The molecule has 0 saturated heterocycles. The molecular weight excluding hydrogens is 380 g/mol. The van der Waals surface area contributed by atoms with E-state index >= 15 is 0 Å². The highest BCUT2D eigenvalue weighted by atomic mass is 79.9. The van der Waals surface area contributed by atoms with Crippen molar-refractivity contribution in [2.45, 2.75) is 0 Å². The van der Waals surface area contributed by atoms with Crippen LogP contribution in [0, 0.1) is 0 Å². The maximum Gasteiger partial charge on any atom is 0.255 e. The maximum absolute atomic E-state index is 12.3. The molecule has 0 bridgehead atoms. The Labute approximate surface area is 155 Å². The standard InChI is InChI=1S/C20H17BrN2O2/c1-25-19-7-3-6-18(13-19)22-16-8-10-17(11-9-16)23-20(24)14-4-2-5-15(21)12-14/h2-13,22H,1H3,(H,23,24). The zero-order valence-corrected chi connectivity index (χ0v) is 15.2. The highest BCUT2D eigenvalue weighted by molar-refractivity contribution is 9.10. The third-order valence-corrected chi connectivity index (χ3v) is 4.08. The van der Waals surface area contributed by atoms with E-state index in [1.165, 1.54) is 0 Å². The lowest BCUT2D eigenvalue weighted by Gasteiger charge is -2.10. The Bertz CT molecular complexity index is 879. The Morgan fingerprint density at radius 3 is 2.32 bits per heavy atom. The second kappa shape index (κ2) is 7.85. The number of hydrogen-bond donors (Lipinski definition) is 2. The van der Waals surface area contributed by atoms with Gasteiger partial charge in [-0.25, -0.2) is 0 Å². The molecule has 0 saturated carbocycles. The van der Waals surface area contributed by atoms with Crippen LogP contribution in [0.1, 0.15) is 10.4 Å². The molecule has 0 aliphatic carbocycles. The third kappa shape index (κ3) is 4.61. The minimum absolute atomic E-state index is 0.144. The highest BCUT2D eigenvalue weighted by Gasteiger charge is 2.06. The molecule has 0 aliphatic rings. The zero-order valence-electron chi connectivity index (χ0n) is 13.6. The highest BCUT2D eigenvalue weighted by Crippen LogP contribution is 2.23. The molecule has 25 heavy (non-hydrogen) atoms. The molecule has 2 N–H and O–H groups in total. The van der Waals surface area contributed by atoms with Crippen LogP contribution in [-0.4, -0.2) is 13.0 Å². The lowest BCUT2D eigenvalue weighted by atomic mass is 10.2. The third-order valence-electron chi connectivity index (χ3n) is 3.59. The summed E-state index contributed by atoms with van der Waals surface area (Å²) in [6.45, 7) is 0. The first-order valence-corrected chi connectivity index (χ1v) is 8.51. The van der Waals surface area contributed by atoms with Crippen LogP contribution < -0.4 is 15.4 Å². The molecule has 4 nitrogen and oxygen atoms in total. The molecule has 0 atom stereocenters. The van der Waals surface area contributed by atoms with E-state index in [1.54, 1.807) is 19.2 Å². The Morgan fingerprint density at radius 1 is 0.880 bits per heavy atom. The van der Waals surface area contributed by atoms with E-state index in [0.717, 1.165) is 27.3 Å². The van der Waals surface area contributed by atoms with Crippen LogP contribution in [0.15, 0.2) is 77.3 Å². The van der Waals surface area contributed by atoms with Crippen LogP contribution in [0.2, 0.25) is 0 Å². The number of nitrogens with one attached hydrogen (secondary N) is 2. The van der Waals surface area contributed by atoms with E-state index in [4.69, 9.17) is 4.74 Å². The lowest BCUT2D eigenvalue weighted by Crippen LogP contribution is -2.11. The average Bonchev–Trinajstić information content (AvgIpc) is 2.63. The van der Waals surface area contributed by atoms with Crippen molar-refractivity contribution < 1.29 is 9.53 Å². The second-order valence-corrected chi connectivity index (χ2v) is 6.31. The van der Waals surface area contributed by atoms with Gasteiger partial charge in [0.15, 0.2) is 0 Å². The molecular formula is C20H17BrN2O2. The van der Waals surface area contributed by atoms with Gasteiger partial charge in [0.05, 0.1) is 7.11 Å². The van der Waals surface area contributed by atoms with E-state index in [-0.39, 0.29) is 5.91 Å². The summed E-state index contributed by atoms with van der Waals surface area (Å²) in [5.74, 6) is 0.651. The normalized spacial score (nSPS) is 10.2. The van der Waals surface area contributed by atoms with Crippen molar-refractivity contribution in [2.75, 3.05) is 17.7 Å². The van der Waals surface area contributed by atoms with Gasteiger partial charge >= 0.3 is 0 Å². The summed E-state index contributed by atoms with van der Waals surface area (Å²) in [5.41, 5.74) is 3.20. The summed E-state index contributed by atoms with van der Waals surface area (Å²) in [5, 5.41) is 6.19. The van der Waals surface area contributed by atoms with Gasteiger partial charge in [-0.2, -0.15) is 0 Å². The van der Waals surface area contributed by atoms with Crippen molar-refractivity contribution in [1.29, 1.82) is 0 Å². The molecule has 3 aromatic carbocycles. The fourth-order valence-electron chi connectivity index (χ4n) is 2.34. The number of benzene rings is 3. The van der Waals surface area contributed by atoms with Gasteiger partial charge in [-0.05, 0) is 54.6 Å². The monoisotopic (exact) mass is 396 g/mol. The van der Waals surface area contributed by atoms with Crippen molar-refractivity contribution in [3.8, 4) is 5.75 Å². The number of methoxy groups -OCH3 is 1. The van der Waals surface area contributed by atoms with Crippen LogP contribution in [0.5, 0.6) is 5.75 Å². The number of hydrogen-bond acceptors (Lipinski definition) is 3. The molecule has 0 aromatic heterocycles. The molecule has 5 heteroatoms. The van der Waals surface area contributed by atoms with Crippen molar-refractivity contribution in [3.05, 3.63) is 82.8 Å². The molecule has 0 aliphatic heterocycles. The Kier molecular flexibility index (Phi) is 5.36. The van der Waals surface area contributed by atoms with Gasteiger partial charge in [0, 0.05) is 33.2 Å². The number of halogens is 1. The summed E-state index contributed by atoms with van der Waals surface area (Å²) >= 11 is 3.37. The van der Waals surface area contributed by atoms with Gasteiger partial charge in [0.2, 0.25) is 0 Å². The predicted octanol–water partition coefficient (Wildman–Crippen LogP) is 5.45. The van der Waals surface area contributed by atoms with Gasteiger partial charge < -0.3 is 15.4 Å². The molecule has 126 valence electrons. The number of carbonyl (C=O) groups excluding carboxylic acids is 1. The van der Waals surface area contributed by atoms with Gasteiger partial charge in [-0.3, -0.25) is 4.79 Å². The fourth-order valence-corrected chi connectivity index (χ4v) is 2.74. The zero-order chi connectivity index (χ0) is 17.6. The molecule has 0 radical (unpaired) electrons. The maximum atomic E-state index is 12.3. The minimum Gasteiger partial charge on any atom is -0.497 e. The molecule has 0 unspecified atom stereocenters. The Balaban J connectivity index is 1.66. The topological polar surface area (TPSA) is 50.4 Å². The fraction of sp³-hybridized carbons (Fsp3) is 0.0500. The molecule has 3 aromatic rings. The van der Waals surface area contributed by atoms with Crippen LogP contribution in [0.4, 0.5) is 17.1 Å². The summed E-state index contributed by atoms with van der Waals surface area (Å²) in [6, 6.07) is 22.5. The van der Waals surface area contributed by atoms with Crippen molar-refractivity contribution in [3.63, 3.8) is 0 Å². The summed E-state index contributed by atoms with van der Waals surface area (Å²) in [7, 11) is 1.64. The quantitative estimate of drug-likeness (QED) is 0.602. The number of anilines is 3. The average molecular weight is 397 g/mol. The second-order valence-electron chi connectivity index (χ2n) is 5.40. The van der Waals surface area contributed by atoms with Gasteiger partial charge in [-0.1, -0.05) is 28.1 Å². The van der Waals surface area contributed by atoms with Crippen LogP contribution in [0.3, 0.4) is 0 Å². The van der Waals surface area contributed by atoms with E-state index in [2.05, 4.69) is 26.6 Å². The number of carbonyl (C=O) groups is 1. The van der Waals surface area contributed by atoms with Crippen LogP contribution in [0.25, 0.3) is 0 Å². The Morgan fingerprint density at radius 2 is 1.60 bits per heavy atom. The van der Waals surface area contributed by atoms with E-state index in [1.807, 2.05) is 60.7 Å². The molecule has 0 fully saturated rings. The molecule has 0 spiro atoms. The number of amides is 1. The minimum atomic E-state index is -0.144. The van der Waals surface area contributed by atoms with Gasteiger partial charge in [-0.15, -0.1) is 0 Å². The summed E-state index contributed by atoms with van der Waals surface area (Å²) in [6.07, 6.45) is 0. The first-order chi connectivity index (χ1) is 12.1. The SMILES string of the molecule is COc1cccc(Nc2ccc(NC(=O)c3cccc(Br)c3)cc2)c1. The molecule has 1 amide bonds. The smallest absolute Gasteiger partial charge is 0.255 e. The first kappa shape index (κ1) is 17.0. The number of ether oxygens (including phenoxy) is 1. The predicted molar refractivity (Wildman–Crippen MR) is 105 cm³/mol. The summed E-state index contributed by atoms with van der Waals surface area (Å²) < 4.78 is 6.09. The van der Waals surface area contributed by atoms with E-state index in [9.17, 15) is 4.79 Å². The Hall–Kier alpha value is -2.79. The molecule has 3 rings (SSSR count). The number of rotatable bonds is 5. The first-order valence-electron chi connectivity index (χ1n) is 7.72. The largest absolute Gasteiger partial charge is 0.497 e. The van der Waals surface area contributed by atoms with Gasteiger partial charge in [0.1, 0.15) is 5.75 Å². The lowest BCUT2D eigenvalue weighted by molar-refractivity contribution is 0.102. The van der Waals surface area contributed by atoms with Crippen molar-refractivity contribution in [2.24, 2.45) is 0 Å². The summed E-state index contributed by atoms with van der Waals surface area (Å²) in [4.78, 5) is 12.3. The van der Waals surface area contributed by atoms with Crippen molar-refractivity contribution in [1.82, 2.24) is 0 Å². The van der Waals surface area contributed by atoms with E-state index in [0.29, 0.717) is 5.56 Å². The van der Waals surface area contributed by atoms with Gasteiger partial charge in [0.25, 0.3) is 5.91 Å². The molecule has 0 heterocycles. The van der Waals surface area contributed by atoms with E-state index < -0.39 is 0 Å². The van der Waals surface area contributed by atoms with Crippen LogP contribution in [-0.2, 0) is 0 Å². The van der Waals surface area contributed by atoms with Crippen molar-refractivity contribution >= 4 is 38.9 Å².